The first-order valence-corrected chi connectivity index (χ1v) is 5.12. The highest BCUT2D eigenvalue weighted by Crippen LogP contribution is 2.51. The van der Waals surface area contributed by atoms with Crippen LogP contribution in [-0.4, -0.2) is 25.7 Å². The maximum atomic E-state index is 3.64. The monoisotopic (exact) mass is 168 g/mol. The van der Waals surface area contributed by atoms with E-state index in [0.717, 1.165) is 12.0 Å². The van der Waals surface area contributed by atoms with Crippen molar-refractivity contribution in [2.75, 3.05) is 19.6 Å². The fourth-order valence-electron chi connectivity index (χ4n) is 2.06. The van der Waals surface area contributed by atoms with Crippen molar-refractivity contribution in [3.63, 3.8) is 0 Å². The van der Waals surface area contributed by atoms with E-state index in [1.54, 1.807) is 0 Å². The van der Waals surface area contributed by atoms with Crippen LogP contribution >= 0.6 is 0 Å². The summed E-state index contributed by atoms with van der Waals surface area (Å²) in [6, 6.07) is 0.751. The summed E-state index contributed by atoms with van der Waals surface area (Å²) in [5.74, 6) is 0.943. The minimum Gasteiger partial charge on any atom is -0.315 e. The summed E-state index contributed by atoms with van der Waals surface area (Å²) in [5.41, 5.74) is 0.638. The van der Waals surface area contributed by atoms with Gasteiger partial charge in [-0.25, -0.2) is 0 Å². The summed E-state index contributed by atoms with van der Waals surface area (Å²) >= 11 is 0. The van der Waals surface area contributed by atoms with Gasteiger partial charge in [0, 0.05) is 12.6 Å². The highest BCUT2D eigenvalue weighted by molar-refractivity contribution is 4.97. The lowest BCUT2D eigenvalue weighted by Crippen LogP contribution is -2.33. The van der Waals surface area contributed by atoms with Crippen LogP contribution in [0.3, 0.4) is 0 Å². The van der Waals surface area contributed by atoms with Crippen LogP contribution in [0.1, 0.15) is 26.7 Å². The quantitative estimate of drug-likeness (QED) is 0.656. The first-order valence-electron chi connectivity index (χ1n) is 5.12. The fourth-order valence-corrected chi connectivity index (χ4v) is 2.06. The molecule has 2 heteroatoms. The summed E-state index contributed by atoms with van der Waals surface area (Å²) in [6.07, 6.45) is 2.73. The Morgan fingerprint density at radius 1 is 1.50 bits per heavy atom. The Hall–Kier alpha value is -0.0800. The molecule has 1 saturated heterocycles. The molecular weight excluding hydrogens is 148 g/mol. The van der Waals surface area contributed by atoms with Crippen molar-refractivity contribution in [2.45, 2.75) is 32.7 Å². The molecule has 70 valence electrons. The molecule has 0 spiro atoms. The van der Waals surface area contributed by atoms with Gasteiger partial charge in [0.1, 0.15) is 0 Å². The standard InChI is InChI=1S/C10H20N2/c1-10(2)5-8(10)6-12-9-3-4-11-7-9/h8-9,11-12H,3-7H2,1-2H3. The summed E-state index contributed by atoms with van der Waals surface area (Å²) < 4.78 is 0. The van der Waals surface area contributed by atoms with Crippen LogP contribution in [0, 0.1) is 11.3 Å². The van der Waals surface area contributed by atoms with Crippen molar-refractivity contribution in [1.29, 1.82) is 0 Å². The van der Waals surface area contributed by atoms with Crippen LogP contribution in [0.4, 0.5) is 0 Å². The third kappa shape index (κ3) is 1.80. The van der Waals surface area contributed by atoms with Gasteiger partial charge in [0.25, 0.3) is 0 Å². The van der Waals surface area contributed by atoms with Gasteiger partial charge in [-0.3, -0.25) is 0 Å². The summed E-state index contributed by atoms with van der Waals surface area (Å²) in [4.78, 5) is 0. The lowest BCUT2D eigenvalue weighted by atomic mass is 10.1. The predicted molar refractivity (Wildman–Crippen MR) is 51.2 cm³/mol. The van der Waals surface area contributed by atoms with E-state index < -0.39 is 0 Å². The SMILES string of the molecule is CC1(C)CC1CNC1CCNC1. The Labute approximate surface area is 75.1 Å². The van der Waals surface area contributed by atoms with E-state index in [1.807, 2.05) is 0 Å². The molecular formula is C10H20N2. The Balaban J connectivity index is 1.63. The minimum atomic E-state index is 0.638. The molecule has 0 amide bonds. The van der Waals surface area contributed by atoms with Crippen LogP contribution in [0.15, 0.2) is 0 Å². The van der Waals surface area contributed by atoms with Crippen molar-refractivity contribution in [3.8, 4) is 0 Å². The molecule has 12 heavy (non-hydrogen) atoms. The minimum absolute atomic E-state index is 0.638. The second kappa shape index (κ2) is 3.00. The molecule has 1 aliphatic heterocycles. The molecule has 0 aromatic heterocycles. The van der Waals surface area contributed by atoms with E-state index in [2.05, 4.69) is 24.5 Å². The molecule has 1 heterocycles. The van der Waals surface area contributed by atoms with Crippen LogP contribution < -0.4 is 10.6 Å². The van der Waals surface area contributed by atoms with Gasteiger partial charge in [-0.05, 0) is 37.3 Å². The van der Waals surface area contributed by atoms with Crippen LogP contribution in [-0.2, 0) is 0 Å². The zero-order valence-electron chi connectivity index (χ0n) is 8.19. The zero-order valence-corrected chi connectivity index (χ0v) is 8.19. The van der Waals surface area contributed by atoms with Gasteiger partial charge in [-0.1, -0.05) is 13.8 Å². The number of hydrogen-bond donors (Lipinski definition) is 2. The van der Waals surface area contributed by atoms with Crippen molar-refractivity contribution >= 4 is 0 Å². The largest absolute Gasteiger partial charge is 0.315 e. The summed E-state index contributed by atoms with van der Waals surface area (Å²) in [6.45, 7) is 8.34. The first-order chi connectivity index (χ1) is 5.68. The van der Waals surface area contributed by atoms with Gasteiger partial charge >= 0.3 is 0 Å². The van der Waals surface area contributed by atoms with Gasteiger partial charge in [0.15, 0.2) is 0 Å². The van der Waals surface area contributed by atoms with Crippen LogP contribution in [0.2, 0.25) is 0 Å². The van der Waals surface area contributed by atoms with Crippen molar-refractivity contribution in [3.05, 3.63) is 0 Å². The molecule has 2 unspecified atom stereocenters. The highest BCUT2D eigenvalue weighted by Gasteiger charge is 2.45. The Morgan fingerprint density at radius 3 is 2.75 bits per heavy atom. The van der Waals surface area contributed by atoms with Crippen molar-refractivity contribution in [2.24, 2.45) is 11.3 Å². The van der Waals surface area contributed by atoms with E-state index in [0.29, 0.717) is 5.41 Å². The zero-order chi connectivity index (χ0) is 8.60. The molecule has 2 rings (SSSR count). The average molecular weight is 168 g/mol. The lowest BCUT2D eigenvalue weighted by molar-refractivity contribution is 0.475. The molecule has 0 radical (unpaired) electrons. The maximum absolute atomic E-state index is 3.64. The Morgan fingerprint density at radius 2 is 2.25 bits per heavy atom. The second-order valence-corrected chi connectivity index (χ2v) is 4.99. The van der Waals surface area contributed by atoms with E-state index >= 15 is 0 Å². The van der Waals surface area contributed by atoms with Gasteiger partial charge in [-0.2, -0.15) is 0 Å². The molecule has 1 aliphatic carbocycles. The van der Waals surface area contributed by atoms with Gasteiger partial charge in [0.05, 0.1) is 0 Å². The van der Waals surface area contributed by atoms with Crippen LogP contribution in [0.25, 0.3) is 0 Å². The molecule has 0 aromatic rings. The van der Waals surface area contributed by atoms with Crippen LogP contribution in [0.5, 0.6) is 0 Å². The molecule has 0 aromatic carbocycles. The van der Waals surface area contributed by atoms with Gasteiger partial charge < -0.3 is 10.6 Å². The van der Waals surface area contributed by atoms with Crippen molar-refractivity contribution < 1.29 is 0 Å². The third-order valence-electron chi connectivity index (χ3n) is 3.43. The number of rotatable bonds is 3. The molecule has 2 aliphatic rings. The summed E-state index contributed by atoms with van der Waals surface area (Å²) in [7, 11) is 0. The third-order valence-corrected chi connectivity index (χ3v) is 3.43. The maximum Gasteiger partial charge on any atom is 0.0204 e. The molecule has 2 N–H and O–H groups in total. The Kier molecular flexibility index (Phi) is 2.13. The smallest absolute Gasteiger partial charge is 0.0204 e. The molecule has 2 atom stereocenters. The molecule has 2 nitrogen and oxygen atoms in total. The van der Waals surface area contributed by atoms with E-state index in [-0.39, 0.29) is 0 Å². The summed E-state index contributed by atoms with van der Waals surface area (Å²) in [5, 5.41) is 7.01. The first kappa shape index (κ1) is 8.52. The topological polar surface area (TPSA) is 24.1 Å². The predicted octanol–water partition coefficient (Wildman–Crippen LogP) is 0.984. The van der Waals surface area contributed by atoms with E-state index in [4.69, 9.17) is 0 Å². The van der Waals surface area contributed by atoms with Gasteiger partial charge in [0.2, 0.25) is 0 Å². The average Bonchev–Trinajstić information content (AvgIpc) is 2.54. The number of nitrogens with one attached hydrogen (secondary N) is 2. The second-order valence-electron chi connectivity index (χ2n) is 4.99. The van der Waals surface area contributed by atoms with E-state index in [1.165, 1.54) is 32.5 Å². The number of hydrogen-bond acceptors (Lipinski definition) is 2. The molecule has 1 saturated carbocycles. The molecule has 0 bridgehead atoms. The molecule has 2 fully saturated rings. The van der Waals surface area contributed by atoms with E-state index in [9.17, 15) is 0 Å². The van der Waals surface area contributed by atoms with Gasteiger partial charge in [-0.15, -0.1) is 0 Å². The normalized spacial score (nSPS) is 38.5. The fraction of sp³-hybridized carbons (Fsp3) is 1.00. The Bertz CT molecular complexity index is 154. The highest BCUT2D eigenvalue weighted by atomic mass is 15.0. The lowest BCUT2D eigenvalue weighted by Gasteiger charge is -2.11. The van der Waals surface area contributed by atoms with Crippen molar-refractivity contribution in [1.82, 2.24) is 10.6 Å².